The van der Waals surface area contributed by atoms with Crippen molar-refractivity contribution in [1.29, 1.82) is 0 Å². The highest BCUT2D eigenvalue weighted by molar-refractivity contribution is 5.94. The van der Waals surface area contributed by atoms with Gasteiger partial charge in [-0.25, -0.2) is 5.43 Å². The van der Waals surface area contributed by atoms with Crippen LogP contribution in [0.2, 0.25) is 0 Å². The van der Waals surface area contributed by atoms with Gasteiger partial charge in [0.15, 0.2) is 0 Å². The van der Waals surface area contributed by atoms with E-state index in [0.717, 1.165) is 18.7 Å². The van der Waals surface area contributed by atoms with Gasteiger partial charge in [-0.15, -0.1) is 0 Å². The Balaban J connectivity index is 1.73. The van der Waals surface area contributed by atoms with Gasteiger partial charge in [-0.3, -0.25) is 15.2 Å². The molecule has 1 amide bonds. The van der Waals surface area contributed by atoms with Gasteiger partial charge in [0.05, 0.1) is 5.69 Å². The first-order valence-electron chi connectivity index (χ1n) is 5.70. The Labute approximate surface area is 99.4 Å². The van der Waals surface area contributed by atoms with Crippen LogP contribution >= 0.6 is 0 Å². The predicted molar refractivity (Wildman–Crippen MR) is 64.9 cm³/mol. The molecule has 0 saturated heterocycles. The third kappa shape index (κ3) is 1.85. The van der Waals surface area contributed by atoms with Crippen molar-refractivity contribution >= 4 is 11.6 Å². The molecule has 2 heterocycles. The maximum absolute atomic E-state index is 11.9. The molecule has 0 unspecified atom stereocenters. The summed E-state index contributed by atoms with van der Waals surface area (Å²) in [5.74, 6) is -0.105. The lowest BCUT2D eigenvalue weighted by Crippen LogP contribution is -2.44. The predicted octanol–water partition coefficient (Wildman–Crippen LogP) is 0.0720. The molecule has 2 aliphatic rings. The lowest BCUT2D eigenvalue weighted by Gasteiger charge is -2.20. The van der Waals surface area contributed by atoms with Crippen molar-refractivity contribution in [2.45, 2.75) is 6.42 Å². The molecule has 17 heavy (non-hydrogen) atoms. The van der Waals surface area contributed by atoms with Gasteiger partial charge in [-0.2, -0.15) is 0 Å². The first-order chi connectivity index (χ1) is 8.34. The number of fused-ring (bicyclic) bond motifs is 1. The van der Waals surface area contributed by atoms with E-state index in [1.54, 1.807) is 0 Å². The monoisotopic (exact) mass is 230 g/mol. The van der Waals surface area contributed by atoms with Crippen LogP contribution in [0.25, 0.3) is 0 Å². The van der Waals surface area contributed by atoms with Crippen LogP contribution in [0.3, 0.4) is 0 Å². The molecule has 88 valence electrons. The third-order valence-corrected chi connectivity index (χ3v) is 3.00. The number of amides is 1. The minimum Gasteiger partial charge on any atom is -0.317 e. The second-order valence-electron chi connectivity index (χ2n) is 4.09. The lowest BCUT2D eigenvalue weighted by molar-refractivity contribution is -0.118. The third-order valence-electron chi connectivity index (χ3n) is 3.00. The zero-order valence-corrected chi connectivity index (χ0v) is 9.36. The Hall–Kier alpha value is -2.01. The number of hydrogen-bond donors (Lipinski definition) is 3. The fourth-order valence-electron chi connectivity index (χ4n) is 2.14. The topological polar surface area (TPSA) is 56.4 Å². The largest absolute Gasteiger partial charge is 0.317 e. The molecule has 0 saturated carbocycles. The summed E-state index contributed by atoms with van der Waals surface area (Å²) in [6.07, 6.45) is 2.80. The van der Waals surface area contributed by atoms with Gasteiger partial charge in [0.25, 0.3) is 5.91 Å². The maximum Gasteiger partial charge on any atom is 0.286 e. The van der Waals surface area contributed by atoms with E-state index < -0.39 is 0 Å². The minimum atomic E-state index is -0.105. The quantitative estimate of drug-likeness (QED) is 0.673. The summed E-state index contributed by atoms with van der Waals surface area (Å²) in [6.45, 7) is 1.51. The second-order valence-corrected chi connectivity index (χ2v) is 4.09. The molecule has 5 heteroatoms. The molecule has 0 aliphatic carbocycles. The molecular formula is C12H14N4O. The molecule has 0 aromatic heterocycles. The van der Waals surface area contributed by atoms with Crippen LogP contribution in [0.5, 0.6) is 0 Å². The molecule has 2 aliphatic heterocycles. The zero-order valence-electron chi connectivity index (χ0n) is 9.36. The zero-order chi connectivity index (χ0) is 11.7. The average Bonchev–Trinajstić information content (AvgIpc) is 2.98. The highest BCUT2D eigenvalue weighted by Gasteiger charge is 2.22. The highest BCUT2D eigenvalue weighted by Crippen LogP contribution is 2.25. The fraction of sp³-hybridized carbons (Fsp3) is 0.250. The van der Waals surface area contributed by atoms with Crippen LogP contribution in [-0.4, -0.2) is 19.0 Å². The Morgan fingerprint density at radius 1 is 1.35 bits per heavy atom. The molecule has 1 aromatic rings. The van der Waals surface area contributed by atoms with E-state index in [0.29, 0.717) is 12.2 Å². The Morgan fingerprint density at radius 2 is 2.24 bits per heavy atom. The van der Waals surface area contributed by atoms with E-state index in [1.807, 2.05) is 29.3 Å². The molecular weight excluding hydrogens is 216 g/mol. The Kier molecular flexibility index (Phi) is 2.45. The molecule has 0 spiro atoms. The summed E-state index contributed by atoms with van der Waals surface area (Å²) in [6, 6.07) is 8.13. The lowest BCUT2D eigenvalue weighted by atomic mass is 10.2. The van der Waals surface area contributed by atoms with E-state index in [9.17, 15) is 4.79 Å². The maximum atomic E-state index is 11.9. The normalized spacial score (nSPS) is 17.4. The Bertz CT molecular complexity index is 483. The van der Waals surface area contributed by atoms with E-state index >= 15 is 0 Å². The van der Waals surface area contributed by atoms with Gasteiger partial charge in [0.2, 0.25) is 0 Å². The molecule has 3 rings (SSSR count). The number of hydrazine groups is 2. The number of benzene rings is 1. The summed E-state index contributed by atoms with van der Waals surface area (Å²) >= 11 is 0. The molecule has 5 nitrogen and oxygen atoms in total. The van der Waals surface area contributed by atoms with Crippen LogP contribution in [0.1, 0.15) is 5.56 Å². The SMILES string of the molecule is O=C(NN1CCc2ccccc21)C1=CCNN1. The molecule has 0 atom stereocenters. The highest BCUT2D eigenvalue weighted by atomic mass is 16.2. The van der Waals surface area contributed by atoms with Crippen molar-refractivity contribution in [3.8, 4) is 0 Å². The number of nitrogens with zero attached hydrogens (tertiary/aromatic N) is 1. The van der Waals surface area contributed by atoms with E-state index in [-0.39, 0.29) is 5.91 Å². The number of para-hydroxylation sites is 1. The smallest absolute Gasteiger partial charge is 0.286 e. The van der Waals surface area contributed by atoms with Gasteiger partial charge < -0.3 is 5.43 Å². The molecule has 3 N–H and O–H groups in total. The van der Waals surface area contributed by atoms with Crippen molar-refractivity contribution in [1.82, 2.24) is 16.3 Å². The standard InChI is InChI=1S/C12H14N4O/c17-12(10-5-7-13-14-10)15-16-8-6-9-3-1-2-4-11(9)16/h1-5,13-14H,6-8H2,(H,15,17). The average molecular weight is 230 g/mol. The van der Waals surface area contributed by atoms with Gasteiger partial charge in [-0.1, -0.05) is 18.2 Å². The molecule has 1 aromatic carbocycles. The van der Waals surface area contributed by atoms with Crippen LogP contribution in [0.4, 0.5) is 5.69 Å². The van der Waals surface area contributed by atoms with Crippen LogP contribution in [0, 0.1) is 0 Å². The molecule has 0 fully saturated rings. The van der Waals surface area contributed by atoms with Crippen LogP contribution < -0.4 is 21.3 Å². The molecule has 0 bridgehead atoms. The number of carbonyl (C=O) groups is 1. The number of rotatable bonds is 2. The summed E-state index contributed by atoms with van der Waals surface area (Å²) in [5.41, 5.74) is 11.5. The van der Waals surface area contributed by atoms with Gasteiger partial charge in [-0.05, 0) is 24.1 Å². The van der Waals surface area contributed by atoms with Crippen molar-refractivity contribution in [3.63, 3.8) is 0 Å². The van der Waals surface area contributed by atoms with Gasteiger partial charge in [0, 0.05) is 13.1 Å². The van der Waals surface area contributed by atoms with E-state index in [2.05, 4.69) is 22.3 Å². The number of carbonyl (C=O) groups excluding carboxylic acids is 1. The van der Waals surface area contributed by atoms with Crippen molar-refractivity contribution in [2.24, 2.45) is 0 Å². The van der Waals surface area contributed by atoms with E-state index in [4.69, 9.17) is 0 Å². The van der Waals surface area contributed by atoms with Gasteiger partial charge in [0.1, 0.15) is 5.70 Å². The fourth-order valence-corrected chi connectivity index (χ4v) is 2.14. The van der Waals surface area contributed by atoms with Crippen molar-refractivity contribution < 1.29 is 4.79 Å². The minimum absolute atomic E-state index is 0.105. The first kappa shape index (κ1) is 10.2. The number of nitrogens with one attached hydrogen (secondary N) is 3. The van der Waals surface area contributed by atoms with Gasteiger partial charge >= 0.3 is 0 Å². The molecule has 0 radical (unpaired) electrons. The Morgan fingerprint density at radius 3 is 3.06 bits per heavy atom. The summed E-state index contributed by atoms with van der Waals surface area (Å²) in [4.78, 5) is 11.9. The van der Waals surface area contributed by atoms with Crippen molar-refractivity contribution in [2.75, 3.05) is 18.1 Å². The number of anilines is 1. The summed E-state index contributed by atoms with van der Waals surface area (Å²) in [5, 5.41) is 1.90. The number of hydrogen-bond acceptors (Lipinski definition) is 4. The summed E-state index contributed by atoms with van der Waals surface area (Å²) in [7, 11) is 0. The van der Waals surface area contributed by atoms with E-state index in [1.165, 1.54) is 5.56 Å². The van der Waals surface area contributed by atoms with Crippen LogP contribution in [0.15, 0.2) is 36.0 Å². The van der Waals surface area contributed by atoms with Crippen LogP contribution in [-0.2, 0) is 11.2 Å². The second kappa shape index (κ2) is 4.10. The first-order valence-corrected chi connectivity index (χ1v) is 5.70. The summed E-state index contributed by atoms with van der Waals surface area (Å²) < 4.78 is 0. The van der Waals surface area contributed by atoms with Crippen molar-refractivity contribution in [3.05, 3.63) is 41.6 Å².